The second-order valence-corrected chi connectivity index (χ2v) is 4.28. The van der Waals surface area contributed by atoms with Crippen molar-refractivity contribution in [3.63, 3.8) is 0 Å². The summed E-state index contributed by atoms with van der Waals surface area (Å²) in [6.45, 7) is 2.09. The number of pyridine rings is 1. The van der Waals surface area contributed by atoms with Crippen molar-refractivity contribution in [3.05, 3.63) is 48.2 Å². The molecule has 0 saturated carbocycles. The highest BCUT2D eigenvalue weighted by Crippen LogP contribution is 2.18. The zero-order chi connectivity index (χ0) is 14.4. The molecule has 0 radical (unpaired) electrons. The number of aromatic nitrogens is 1. The maximum Gasteiger partial charge on any atom is 0.221 e. The maximum atomic E-state index is 10.9. The number of anilines is 2. The summed E-state index contributed by atoms with van der Waals surface area (Å²) in [5.74, 6) is 1.47. The van der Waals surface area contributed by atoms with Crippen LogP contribution in [0.15, 0.2) is 42.6 Å². The average Bonchev–Trinajstić information content (AvgIpc) is 2.46. The average molecular weight is 271 g/mol. The first-order valence-electron chi connectivity index (χ1n) is 6.28. The number of hydrogen-bond donors (Lipinski definition) is 2. The fourth-order valence-electron chi connectivity index (χ4n) is 1.81. The molecule has 0 saturated heterocycles. The number of carbonyl (C=O) groups is 1. The Morgan fingerprint density at radius 1 is 1.25 bits per heavy atom. The first-order valence-corrected chi connectivity index (χ1v) is 6.28. The van der Waals surface area contributed by atoms with Crippen molar-refractivity contribution in [2.24, 2.45) is 0 Å². The minimum atomic E-state index is -0.110. The SMILES string of the molecule is COc1ccccc1CNc1ccc(NC(C)=O)cn1. The number of para-hydroxylation sites is 1. The third-order valence-corrected chi connectivity index (χ3v) is 2.74. The Kier molecular flexibility index (Phi) is 4.55. The zero-order valence-corrected chi connectivity index (χ0v) is 11.5. The summed E-state index contributed by atoms with van der Waals surface area (Å²) >= 11 is 0. The highest BCUT2D eigenvalue weighted by Gasteiger charge is 2.02. The Bertz CT molecular complexity index is 582. The Morgan fingerprint density at radius 3 is 2.70 bits per heavy atom. The van der Waals surface area contributed by atoms with Gasteiger partial charge in [0.15, 0.2) is 0 Å². The maximum absolute atomic E-state index is 10.9. The lowest BCUT2D eigenvalue weighted by molar-refractivity contribution is -0.114. The van der Waals surface area contributed by atoms with Gasteiger partial charge in [-0.15, -0.1) is 0 Å². The Hall–Kier alpha value is -2.56. The van der Waals surface area contributed by atoms with E-state index in [2.05, 4.69) is 15.6 Å². The summed E-state index contributed by atoms with van der Waals surface area (Å²) in [6, 6.07) is 11.4. The number of methoxy groups -OCH3 is 1. The van der Waals surface area contributed by atoms with Crippen molar-refractivity contribution in [1.82, 2.24) is 4.98 Å². The number of ether oxygens (including phenoxy) is 1. The molecule has 20 heavy (non-hydrogen) atoms. The molecule has 2 aromatic rings. The molecule has 104 valence electrons. The van der Waals surface area contributed by atoms with Gasteiger partial charge < -0.3 is 15.4 Å². The monoisotopic (exact) mass is 271 g/mol. The van der Waals surface area contributed by atoms with E-state index >= 15 is 0 Å². The van der Waals surface area contributed by atoms with Gasteiger partial charge in [0.05, 0.1) is 19.0 Å². The highest BCUT2D eigenvalue weighted by molar-refractivity contribution is 5.88. The molecule has 0 fully saturated rings. The normalized spacial score (nSPS) is 9.90. The van der Waals surface area contributed by atoms with Crippen LogP contribution in [0.1, 0.15) is 12.5 Å². The van der Waals surface area contributed by atoms with Crippen LogP contribution in [-0.2, 0) is 11.3 Å². The van der Waals surface area contributed by atoms with Crippen LogP contribution in [0, 0.1) is 0 Å². The summed E-state index contributed by atoms with van der Waals surface area (Å²) in [7, 11) is 1.65. The number of nitrogens with zero attached hydrogens (tertiary/aromatic N) is 1. The lowest BCUT2D eigenvalue weighted by Gasteiger charge is -2.10. The number of nitrogens with one attached hydrogen (secondary N) is 2. The summed E-state index contributed by atoms with van der Waals surface area (Å²) in [4.78, 5) is 15.1. The van der Waals surface area contributed by atoms with Gasteiger partial charge in [0, 0.05) is 19.0 Å². The Labute approximate surface area is 118 Å². The predicted molar refractivity (Wildman–Crippen MR) is 78.9 cm³/mol. The second kappa shape index (κ2) is 6.56. The van der Waals surface area contributed by atoms with Crippen LogP contribution in [0.4, 0.5) is 11.5 Å². The van der Waals surface area contributed by atoms with Crippen LogP contribution in [0.3, 0.4) is 0 Å². The summed E-state index contributed by atoms with van der Waals surface area (Å²) in [5, 5.41) is 5.89. The standard InChI is InChI=1S/C15H17N3O2/c1-11(19)18-13-7-8-15(17-10-13)16-9-12-5-3-4-6-14(12)20-2/h3-8,10H,9H2,1-2H3,(H,16,17)(H,18,19). The number of amides is 1. The molecule has 1 aromatic heterocycles. The van der Waals surface area contributed by atoms with Gasteiger partial charge in [0.1, 0.15) is 11.6 Å². The molecule has 1 amide bonds. The fourth-order valence-corrected chi connectivity index (χ4v) is 1.81. The largest absolute Gasteiger partial charge is 0.496 e. The smallest absolute Gasteiger partial charge is 0.221 e. The first kappa shape index (κ1) is 13.9. The van der Waals surface area contributed by atoms with Crippen LogP contribution in [0.5, 0.6) is 5.75 Å². The summed E-state index contributed by atoms with van der Waals surface area (Å²) in [5.41, 5.74) is 1.74. The molecule has 5 nitrogen and oxygen atoms in total. The molecule has 0 bridgehead atoms. The van der Waals surface area contributed by atoms with Crippen LogP contribution < -0.4 is 15.4 Å². The Balaban J connectivity index is 1.98. The molecule has 0 spiro atoms. The molecule has 0 unspecified atom stereocenters. The number of hydrogen-bond acceptors (Lipinski definition) is 4. The Morgan fingerprint density at radius 2 is 2.05 bits per heavy atom. The van der Waals surface area contributed by atoms with Crippen molar-refractivity contribution in [3.8, 4) is 5.75 Å². The van der Waals surface area contributed by atoms with E-state index in [1.54, 1.807) is 19.4 Å². The molecule has 0 aliphatic carbocycles. The molecule has 2 rings (SSSR count). The zero-order valence-electron chi connectivity index (χ0n) is 11.5. The third-order valence-electron chi connectivity index (χ3n) is 2.74. The predicted octanol–water partition coefficient (Wildman–Crippen LogP) is 2.66. The molecule has 0 aliphatic heterocycles. The minimum absolute atomic E-state index is 0.110. The van der Waals surface area contributed by atoms with Crippen molar-refractivity contribution >= 4 is 17.4 Å². The molecule has 0 atom stereocenters. The van der Waals surface area contributed by atoms with Gasteiger partial charge in [0.25, 0.3) is 0 Å². The van der Waals surface area contributed by atoms with Crippen LogP contribution >= 0.6 is 0 Å². The lowest BCUT2D eigenvalue weighted by atomic mass is 10.2. The second-order valence-electron chi connectivity index (χ2n) is 4.28. The molecule has 5 heteroatoms. The fraction of sp³-hybridized carbons (Fsp3) is 0.200. The van der Waals surface area contributed by atoms with Gasteiger partial charge in [-0.05, 0) is 18.2 Å². The minimum Gasteiger partial charge on any atom is -0.496 e. The lowest BCUT2D eigenvalue weighted by Crippen LogP contribution is -2.07. The number of carbonyl (C=O) groups excluding carboxylic acids is 1. The van der Waals surface area contributed by atoms with Gasteiger partial charge in [-0.2, -0.15) is 0 Å². The van der Waals surface area contributed by atoms with E-state index in [4.69, 9.17) is 4.74 Å². The van der Waals surface area contributed by atoms with Crippen molar-refractivity contribution < 1.29 is 9.53 Å². The van der Waals surface area contributed by atoms with E-state index in [9.17, 15) is 4.79 Å². The van der Waals surface area contributed by atoms with Crippen molar-refractivity contribution in [2.75, 3.05) is 17.7 Å². The van der Waals surface area contributed by atoms with Gasteiger partial charge in [0.2, 0.25) is 5.91 Å². The highest BCUT2D eigenvalue weighted by atomic mass is 16.5. The molecular weight excluding hydrogens is 254 g/mol. The van der Waals surface area contributed by atoms with E-state index in [0.717, 1.165) is 17.1 Å². The van der Waals surface area contributed by atoms with E-state index in [1.165, 1.54) is 6.92 Å². The first-order chi connectivity index (χ1) is 9.69. The molecule has 2 N–H and O–H groups in total. The van der Waals surface area contributed by atoms with Gasteiger partial charge in [-0.1, -0.05) is 18.2 Å². The number of benzene rings is 1. The molecule has 1 aromatic carbocycles. The van der Waals surface area contributed by atoms with Gasteiger partial charge in [-0.3, -0.25) is 4.79 Å². The van der Waals surface area contributed by atoms with E-state index < -0.39 is 0 Å². The van der Waals surface area contributed by atoms with Crippen LogP contribution in [-0.4, -0.2) is 18.0 Å². The molecule has 0 aliphatic rings. The van der Waals surface area contributed by atoms with Crippen molar-refractivity contribution in [2.45, 2.75) is 13.5 Å². The van der Waals surface area contributed by atoms with E-state index in [0.29, 0.717) is 12.2 Å². The third kappa shape index (κ3) is 3.71. The van der Waals surface area contributed by atoms with Crippen LogP contribution in [0.2, 0.25) is 0 Å². The van der Waals surface area contributed by atoms with Gasteiger partial charge >= 0.3 is 0 Å². The summed E-state index contributed by atoms with van der Waals surface area (Å²) < 4.78 is 5.29. The summed E-state index contributed by atoms with van der Waals surface area (Å²) in [6.07, 6.45) is 1.62. The van der Waals surface area contributed by atoms with E-state index in [-0.39, 0.29) is 5.91 Å². The van der Waals surface area contributed by atoms with Crippen LogP contribution in [0.25, 0.3) is 0 Å². The topological polar surface area (TPSA) is 63.2 Å². The molecule has 1 heterocycles. The van der Waals surface area contributed by atoms with Gasteiger partial charge in [-0.25, -0.2) is 4.98 Å². The van der Waals surface area contributed by atoms with Crippen molar-refractivity contribution in [1.29, 1.82) is 0 Å². The molecular formula is C15H17N3O2. The van der Waals surface area contributed by atoms with E-state index in [1.807, 2.05) is 30.3 Å². The quantitative estimate of drug-likeness (QED) is 0.877. The number of rotatable bonds is 5.